The van der Waals surface area contributed by atoms with Gasteiger partial charge in [-0.25, -0.2) is 9.79 Å². The molecule has 6 heteroatoms. The number of ether oxygens (including phenoxy) is 2. The van der Waals surface area contributed by atoms with Crippen LogP contribution in [0.3, 0.4) is 0 Å². The van der Waals surface area contributed by atoms with Gasteiger partial charge in [-0.1, -0.05) is 6.08 Å². The molecule has 0 fully saturated rings. The second-order valence-electron chi connectivity index (χ2n) is 2.26. The number of esters is 1. The lowest BCUT2D eigenvalue weighted by Crippen LogP contribution is -2.26. The van der Waals surface area contributed by atoms with Crippen molar-refractivity contribution < 1.29 is 18.9 Å². The van der Waals surface area contributed by atoms with Crippen molar-refractivity contribution in [3.63, 3.8) is 0 Å². The summed E-state index contributed by atoms with van der Waals surface area (Å²) in [5, 5.41) is 0. The van der Waals surface area contributed by atoms with Gasteiger partial charge in [0.15, 0.2) is 12.4 Å². The zero-order valence-electron chi connectivity index (χ0n) is 8.01. The summed E-state index contributed by atoms with van der Waals surface area (Å²) in [7, 11) is 5.98. The Bertz CT molecular complexity index is 208. The number of rotatable bonds is 7. The van der Waals surface area contributed by atoms with E-state index in [1.54, 1.807) is 6.08 Å². The minimum atomic E-state index is -0.761. The van der Waals surface area contributed by atoms with Crippen molar-refractivity contribution in [3.8, 4) is 0 Å². The minimum Gasteiger partial charge on any atom is -0.560 e. The molecule has 0 spiro atoms. The summed E-state index contributed by atoms with van der Waals surface area (Å²) in [5.41, 5.74) is 0. The summed E-state index contributed by atoms with van der Waals surface area (Å²) in [6.45, 7) is 3.90. The molecule has 0 unspecified atom stereocenters. The van der Waals surface area contributed by atoms with Gasteiger partial charge in [0, 0.05) is 0 Å². The number of aliphatic imine (C=N–C) groups is 1. The van der Waals surface area contributed by atoms with E-state index >= 15 is 0 Å². The first kappa shape index (κ1) is 12.7. The van der Waals surface area contributed by atoms with E-state index in [0.717, 1.165) is 6.40 Å². The van der Waals surface area contributed by atoms with Crippen molar-refractivity contribution in [2.75, 3.05) is 20.3 Å². The van der Waals surface area contributed by atoms with E-state index in [2.05, 4.69) is 21.0 Å². The molecule has 5 nitrogen and oxygen atoms in total. The van der Waals surface area contributed by atoms with Gasteiger partial charge in [-0.05, 0) is 0 Å². The fourth-order valence-corrected chi connectivity index (χ4v) is 0.680. The number of carbonyl (C=O) groups excluding carboxylic acids is 1. The summed E-state index contributed by atoms with van der Waals surface area (Å²) in [5.74, 6) is -0.512. The Hall–Kier alpha value is -1.30. The van der Waals surface area contributed by atoms with Crippen LogP contribution in [0, 0.1) is 0 Å². The van der Waals surface area contributed by atoms with Gasteiger partial charge in [-0.3, -0.25) is 0 Å². The Morgan fingerprint density at radius 1 is 1.71 bits per heavy atom. The summed E-state index contributed by atoms with van der Waals surface area (Å²) < 4.78 is 13.6. The molecule has 0 saturated heterocycles. The molecule has 0 rings (SSSR count). The number of nitrogens with zero attached hydrogens (tertiary/aromatic N) is 1. The van der Waals surface area contributed by atoms with Crippen molar-refractivity contribution in [3.05, 3.63) is 12.7 Å². The predicted octanol–water partition coefficient (Wildman–Crippen LogP) is -0.141. The fourth-order valence-electron chi connectivity index (χ4n) is 0.680. The second kappa shape index (κ2) is 8.31. The van der Waals surface area contributed by atoms with Gasteiger partial charge in [-0.2, -0.15) is 0 Å². The molecule has 0 heterocycles. The van der Waals surface area contributed by atoms with Gasteiger partial charge in [0.1, 0.15) is 0 Å². The van der Waals surface area contributed by atoms with E-state index in [1.165, 1.54) is 7.11 Å². The van der Waals surface area contributed by atoms with Crippen LogP contribution >= 0.6 is 0 Å². The highest BCUT2D eigenvalue weighted by Crippen LogP contribution is 1.95. The van der Waals surface area contributed by atoms with Crippen LogP contribution in [-0.4, -0.2) is 46.8 Å². The highest BCUT2D eigenvalue weighted by atomic mass is 16.5. The molecule has 0 aromatic carbocycles. The maximum Gasteiger partial charge on any atom is 0.375 e. The summed E-state index contributed by atoms with van der Waals surface area (Å²) in [4.78, 5) is 14.8. The van der Waals surface area contributed by atoms with E-state index in [9.17, 15) is 4.79 Å². The quantitative estimate of drug-likeness (QED) is 0.142. The number of methoxy groups -OCH3 is 1. The van der Waals surface area contributed by atoms with E-state index < -0.39 is 12.0 Å². The average Bonchev–Trinajstić information content (AvgIpc) is 2.22. The Labute approximate surface area is 84.2 Å². The SMILES string of the molecule is [B]OC=N[C@@H](COCC=C)C(=O)OC. The topological polar surface area (TPSA) is 57.1 Å². The molecule has 0 aliphatic heterocycles. The monoisotopic (exact) mass is 197 g/mol. The van der Waals surface area contributed by atoms with Crippen molar-refractivity contribution in [2.24, 2.45) is 4.99 Å². The molecule has 0 amide bonds. The molecule has 0 aliphatic carbocycles. The Morgan fingerprint density at radius 2 is 2.43 bits per heavy atom. The molecule has 0 aromatic heterocycles. The van der Waals surface area contributed by atoms with Gasteiger partial charge in [0.2, 0.25) is 0 Å². The lowest BCUT2D eigenvalue weighted by Gasteiger charge is -2.09. The lowest BCUT2D eigenvalue weighted by atomic mass is 10.3. The van der Waals surface area contributed by atoms with Crippen molar-refractivity contribution >= 4 is 20.4 Å². The van der Waals surface area contributed by atoms with Crippen molar-refractivity contribution in [2.45, 2.75) is 6.04 Å². The molecule has 0 bridgehead atoms. The summed E-state index contributed by atoms with van der Waals surface area (Å²) >= 11 is 0. The van der Waals surface area contributed by atoms with E-state index in [1.807, 2.05) is 0 Å². The maximum absolute atomic E-state index is 11.1. The minimum absolute atomic E-state index is 0.0958. The Morgan fingerprint density at radius 3 is 2.93 bits per heavy atom. The third kappa shape index (κ3) is 5.37. The first-order valence-corrected chi connectivity index (χ1v) is 3.90. The smallest absolute Gasteiger partial charge is 0.375 e. The van der Waals surface area contributed by atoms with E-state index in [4.69, 9.17) is 12.8 Å². The standard InChI is InChI=1S/C8H12BNO4/c1-3-4-13-5-7(8(11)12-2)10-6-14-9/h3,6-7H,1,4-5H2,2H3/t7-/m0/s1. The number of hydrogen-bond acceptors (Lipinski definition) is 5. The molecule has 0 aromatic rings. The van der Waals surface area contributed by atoms with Crippen LogP contribution in [0.25, 0.3) is 0 Å². The molecular weight excluding hydrogens is 185 g/mol. The van der Waals surface area contributed by atoms with Crippen LogP contribution in [-0.2, 0) is 18.9 Å². The zero-order chi connectivity index (χ0) is 10.8. The van der Waals surface area contributed by atoms with Crippen molar-refractivity contribution in [1.82, 2.24) is 0 Å². The molecule has 1 atom stereocenters. The van der Waals surface area contributed by atoms with Crippen LogP contribution in [0.1, 0.15) is 0 Å². The van der Waals surface area contributed by atoms with Crippen molar-refractivity contribution in [1.29, 1.82) is 0 Å². The highest BCUT2D eigenvalue weighted by Gasteiger charge is 2.17. The van der Waals surface area contributed by atoms with Gasteiger partial charge in [0.05, 0.1) is 20.3 Å². The summed E-state index contributed by atoms with van der Waals surface area (Å²) in [6.07, 6.45) is 2.52. The fraction of sp³-hybridized carbons (Fsp3) is 0.500. The van der Waals surface area contributed by atoms with Gasteiger partial charge < -0.3 is 14.1 Å². The third-order valence-electron chi connectivity index (χ3n) is 1.29. The van der Waals surface area contributed by atoms with Crippen LogP contribution in [0.4, 0.5) is 0 Å². The third-order valence-corrected chi connectivity index (χ3v) is 1.29. The predicted molar refractivity (Wildman–Crippen MR) is 52.2 cm³/mol. The van der Waals surface area contributed by atoms with Crippen LogP contribution in [0.15, 0.2) is 17.6 Å². The molecule has 14 heavy (non-hydrogen) atoms. The molecule has 76 valence electrons. The largest absolute Gasteiger partial charge is 0.560 e. The van der Waals surface area contributed by atoms with Gasteiger partial charge >= 0.3 is 14.0 Å². The molecular formula is C8H12BNO4. The van der Waals surface area contributed by atoms with Gasteiger partial charge in [-0.15, -0.1) is 6.58 Å². The molecule has 0 aliphatic rings. The van der Waals surface area contributed by atoms with Crippen LogP contribution in [0.5, 0.6) is 0 Å². The summed E-state index contributed by atoms with van der Waals surface area (Å²) in [6, 6.07) is -0.761. The number of hydrogen-bond donors (Lipinski definition) is 0. The highest BCUT2D eigenvalue weighted by molar-refractivity contribution is 6.02. The molecule has 2 radical (unpaired) electrons. The van der Waals surface area contributed by atoms with E-state index in [-0.39, 0.29) is 6.61 Å². The first-order valence-electron chi connectivity index (χ1n) is 3.90. The van der Waals surface area contributed by atoms with E-state index in [0.29, 0.717) is 6.61 Å². The number of carbonyl (C=O) groups is 1. The zero-order valence-corrected chi connectivity index (χ0v) is 8.01. The molecule has 0 N–H and O–H groups in total. The van der Waals surface area contributed by atoms with Crippen LogP contribution < -0.4 is 0 Å². The van der Waals surface area contributed by atoms with Gasteiger partial charge in [0.25, 0.3) is 0 Å². The van der Waals surface area contributed by atoms with Crippen LogP contribution in [0.2, 0.25) is 0 Å². The second-order valence-corrected chi connectivity index (χ2v) is 2.26. The Kier molecular flexibility index (Phi) is 7.54. The maximum atomic E-state index is 11.1. The first-order chi connectivity index (χ1) is 6.76. The lowest BCUT2D eigenvalue weighted by molar-refractivity contribution is -0.143. The Balaban J connectivity index is 4.03. The molecule has 0 saturated carbocycles. The normalized spacial score (nSPS) is 12.4. The average molecular weight is 197 g/mol.